The van der Waals surface area contributed by atoms with E-state index in [1.165, 1.54) is 0 Å². The van der Waals surface area contributed by atoms with Gasteiger partial charge in [-0.25, -0.2) is 0 Å². The molecule has 0 aliphatic heterocycles. The van der Waals surface area contributed by atoms with Crippen LogP contribution in [0, 0.1) is 0 Å². The summed E-state index contributed by atoms with van der Waals surface area (Å²) in [5, 5.41) is 7.95. The molecule has 0 bridgehead atoms. The van der Waals surface area contributed by atoms with Gasteiger partial charge < -0.3 is 4.42 Å². The van der Waals surface area contributed by atoms with Crippen LogP contribution in [0.25, 0.3) is 0 Å². The minimum atomic E-state index is 0.0143. The van der Waals surface area contributed by atoms with Crippen molar-refractivity contribution in [1.29, 1.82) is 0 Å². The Kier molecular flexibility index (Phi) is 2.50. The molecule has 1 heterocycles. The van der Waals surface area contributed by atoms with E-state index in [9.17, 15) is 0 Å². The normalized spacial score (nSPS) is 12.0. The third-order valence-corrected chi connectivity index (χ3v) is 2.23. The molecular formula is C9H16N2O. The van der Waals surface area contributed by atoms with Gasteiger partial charge in [0.2, 0.25) is 11.8 Å². The molecule has 0 aromatic carbocycles. The van der Waals surface area contributed by atoms with Crippen molar-refractivity contribution < 1.29 is 4.42 Å². The SMILES string of the molecule is CCc1nnc(C(C)(C)CC)o1. The van der Waals surface area contributed by atoms with E-state index >= 15 is 0 Å². The highest BCUT2D eigenvalue weighted by molar-refractivity contribution is 4.97. The molecule has 0 fully saturated rings. The zero-order valence-corrected chi connectivity index (χ0v) is 8.22. The van der Waals surface area contributed by atoms with Gasteiger partial charge in [0.15, 0.2) is 0 Å². The van der Waals surface area contributed by atoms with Gasteiger partial charge >= 0.3 is 0 Å². The molecule has 68 valence electrons. The topological polar surface area (TPSA) is 38.9 Å². The lowest BCUT2D eigenvalue weighted by Gasteiger charge is -2.16. The molecule has 0 saturated carbocycles. The van der Waals surface area contributed by atoms with Crippen LogP contribution in [0.2, 0.25) is 0 Å². The van der Waals surface area contributed by atoms with Crippen molar-refractivity contribution in [3.8, 4) is 0 Å². The molecule has 0 radical (unpaired) electrons. The summed E-state index contributed by atoms with van der Waals surface area (Å²) < 4.78 is 5.47. The fourth-order valence-corrected chi connectivity index (χ4v) is 0.821. The molecule has 0 amide bonds. The highest BCUT2D eigenvalue weighted by atomic mass is 16.4. The van der Waals surface area contributed by atoms with E-state index in [1.807, 2.05) is 6.92 Å². The summed E-state index contributed by atoms with van der Waals surface area (Å²) in [5.74, 6) is 1.48. The van der Waals surface area contributed by atoms with Crippen molar-refractivity contribution in [3.05, 3.63) is 11.8 Å². The number of aryl methyl sites for hydroxylation is 1. The molecule has 1 aromatic rings. The summed E-state index contributed by atoms with van der Waals surface area (Å²) in [5.41, 5.74) is 0.0143. The van der Waals surface area contributed by atoms with Crippen LogP contribution in [0.3, 0.4) is 0 Å². The van der Waals surface area contributed by atoms with Gasteiger partial charge in [-0.3, -0.25) is 0 Å². The minimum absolute atomic E-state index is 0.0143. The Hall–Kier alpha value is -0.860. The van der Waals surface area contributed by atoms with Crippen LogP contribution in [-0.2, 0) is 11.8 Å². The summed E-state index contributed by atoms with van der Waals surface area (Å²) in [7, 11) is 0. The highest BCUT2D eigenvalue weighted by Crippen LogP contribution is 2.24. The Bertz CT molecular complexity index is 253. The first kappa shape index (κ1) is 9.23. The quantitative estimate of drug-likeness (QED) is 0.695. The predicted octanol–water partition coefficient (Wildman–Crippen LogP) is 2.32. The summed E-state index contributed by atoms with van der Waals surface area (Å²) in [6, 6.07) is 0. The molecule has 12 heavy (non-hydrogen) atoms. The van der Waals surface area contributed by atoms with Crippen LogP contribution in [0.1, 0.15) is 45.9 Å². The van der Waals surface area contributed by atoms with E-state index in [2.05, 4.69) is 31.0 Å². The number of hydrogen-bond donors (Lipinski definition) is 0. The zero-order valence-electron chi connectivity index (χ0n) is 8.22. The molecule has 0 unspecified atom stereocenters. The summed E-state index contributed by atoms with van der Waals surface area (Å²) in [4.78, 5) is 0. The first-order valence-corrected chi connectivity index (χ1v) is 4.43. The maximum atomic E-state index is 5.47. The van der Waals surface area contributed by atoms with E-state index in [-0.39, 0.29) is 5.41 Å². The molecule has 0 saturated heterocycles. The van der Waals surface area contributed by atoms with Crippen LogP contribution in [-0.4, -0.2) is 10.2 Å². The molecule has 0 aliphatic rings. The number of aromatic nitrogens is 2. The predicted molar refractivity (Wildman–Crippen MR) is 47.0 cm³/mol. The van der Waals surface area contributed by atoms with Crippen molar-refractivity contribution in [2.24, 2.45) is 0 Å². The zero-order chi connectivity index (χ0) is 9.19. The van der Waals surface area contributed by atoms with Crippen molar-refractivity contribution in [2.45, 2.75) is 46.0 Å². The molecule has 1 aromatic heterocycles. The largest absolute Gasteiger partial charge is 0.425 e. The summed E-state index contributed by atoms with van der Waals surface area (Å²) in [6.45, 7) is 8.35. The average Bonchev–Trinajstić information content (AvgIpc) is 2.52. The van der Waals surface area contributed by atoms with Gasteiger partial charge in [-0.15, -0.1) is 10.2 Å². The summed E-state index contributed by atoms with van der Waals surface area (Å²) in [6.07, 6.45) is 1.82. The summed E-state index contributed by atoms with van der Waals surface area (Å²) >= 11 is 0. The van der Waals surface area contributed by atoms with Crippen LogP contribution >= 0.6 is 0 Å². The Morgan fingerprint density at radius 3 is 2.33 bits per heavy atom. The van der Waals surface area contributed by atoms with Gasteiger partial charge in [0, 0.05) is 11.8 Å². The first-order chi connectivity index (χ1) is 5.60. The van der Waals surface area contributed by atoms with Crippen molar-refractivity contribution in [3.63, 3.8) is 0 Å². The minimum Gasteiger partial charge on any atom is -0.425 e. The van der Waals surface area contributed by atoms with Gasteiger partial charge in [0.25, 0.3) is 0 Å². The third-order valence-electron chi connectivity index (χ3n) is 2.23. The average molecular weight is 168 g/mol. The highest BCUT2D eigenvalue weighted by Gasteiger charge is 2.24. The lowest BCUT2D eigenvalue weighted by atomic mass is 9.90. The lowest BCUT2D eigenvalue weighted by Crippen LogP contribution is -2.15. The van der Waals surface area contributed by atoms with Crippen LogP contribution in [0.15, 0.2) is 4.42 Å². The molecule has 0 aliphatic carbocycles. The Morgan fingerprint density at radius 2 is 1.92 bits per heavy atom. The fraction of sp³-hybridized carbons (Fsp3) is 0.778. The third kappa shape index (κ3) is 1.65. The van der Waals surface area contributed by atoms with E-state index in [0.29, 0.717) is 0 Å². The molecule has 0 atom stereocenters. The maximum Gasteiger partial charge on any atom is 0.222 e. The van der Waals surface area contributed by atoms with Gasteiger partial charge in [0.05, 0.1) is 0 Å². The van der Waals surface area contributed by atoms with Crippen molar-refractivity contribution >= 4 is 0 Å². The van der Waals surface area contributed by atoms with Gasteiger partial charge in [-0.1, -0.05) is 27.7 Å². The van der Waals surface area contributed by atoms with Gasteiger partial charge in [-0.2, -0.15) is 0 Å². The van der Waals surface area contributed by atoms with Gasteiger partial charge in [-0.05, 0) is 6.42 Å². The number of rotatable bonds is 3. The Balaban J connectivity index is 2.88. The van der Waals surface area contributed by atoms with Crippen molar-refractivity contribution in [2.75, 3.05) is 0 Å². The molecule has 3 heteroatoms. The van der Waals surface area contributed by atoms with Crippen molar-refractivity contribution in [1.82, 2.24) is 10.2 Å². The van der Waals surface area contributed by atoms with E-state index < -0.39 is 0 Å². The second-order valence-corrected chi connectivity index (χ2v) is 3.59. The second-order valence-electron chi connectivity index (χ2n) is 3.59. The first-order valence-electron chi connectivity index (χ1n) is 4.43. The second kappa shape index (κ2) is 3.25. The molecule has 0 spiro atoms. The Labute approximate surface area is 73.2 Å². The number of hydrogen-bond acceptors (Lipinski definition) is 3. The molecule has 3 nitrogen and oxygen atoms in total. The smallest absolute Gasteiger partial charge is 0.222 e. The molecule has 0 N–H and O–H groups in total. The molecule has 1 rings (SSSR count). The number of nitrogens with zero attached hydrogens (tertiary/aromatic N) is 2. The monoisotopic (exact) mass is 168 g/mol. The van der Waals surface area contributed by atoms with Gasteiger partial charge in [0.1, 0.15) is 0 Å². The standard InChI is InChI=1S/C9H16N2O/c1-5-7-10-11-8(12-7)9(3,4)6-2/h5-6H2,1-4H3. The molecular weight excluding hydrogens is 152 g/mol. The van der Waals surface area contributed by atoms with Crippen LogP contribution in [0.4, 0.5) is 0 Å². The van der Waals surface area contributed by atoms with E-state index in [4.69, 9.17) is 4.42 Å². The van der Waals surface area contributed by atoms with Crippen LogP contribution < -0.4 is 0 Å². The lowest BCUT2D eigenvalue weighted by molar-refractivity contribution is 0.345. The van der Waals surface area contributed by atoms with Crippen LogP contribution in [0.5, 0.6) is 0 Å². The maximum absolute atomic E-state index is 5.47. The Morgan fingerprint density at radius 1 is 1.25 bits per heavy atom. The van der Waals surface area contributed by atoms with E-state index in [1.54, 1.807) is 0 Å². The van der Waals surface area contributed by atoms with E-state index in [0.717, 1.165) is 24.6 Å². The fourth-order valence-electron chi connectivity index (χ4n) is 0.821.